The van der Waals surface area contributed by atoms with E-state index in [1.165, 1.54) is 12.3 Å². The molecule has 1 aromatic heterocycles. The standard InChI is InChI=1S/C12H4Cl5NO2/c13-8-7(9(14)11(16)12(17)10(8)15)4-1-6(20)5(3-19)18-2-4/h1-3,20H. The number of halogens is 5. The number of nitrogens with zero attached hydrogens (tertiary/aromatic N) is 1. The van der Waals surface area contributed by atoms with E-state index in [1.54, 1.807) is 0 Å². The van der Waals surface area contributed by atoms with Gasteiger partial charge in [-0.05, 0) is 6.07 Å². The van der Waals surface area contributed by atoms with Gasteiger partial charge < -0.3 is 5.11 Å². The van der Waals surface area contributed by atoms with Gasteiger partial charge in [0.25, 0.3) is 0 Å². The van der Waals surface area contributed by atoms with Crippen LogP contribution in [0, 0.1) is 0 Å². The molecule has 0 atom stereocenters. The zero-order valence-electron chi connectivity index (χ0n) is 9.42. The van der Waals surface area contributed by atoms with Gasteiger partial charge in [-0.15, -0.1) is 0 Å². The summed E-state index contributed by atoms with van der Waals surface area (Å²) in [4.78, 5) is 14.4. The minimum atomic E-state index is -0.313. The topological polar surface area (TPSA) is 50.2 Å². The molecule has 1 N–H and O–H groups in total. The molecule has 0 spiro atoms. The molecule has 0 bridgehead atoms. The first kappa shape index (κ1) is 15.7. The highest BCUT2D eigenvalue weighted by Crippen LogP contribution is 2.48. The molecule has 0 saturated heterocycles. The number of aldehydes is 1. The number of benzene rings is 1. The van der Waals surface area contributed by atoms with Crippen molar-refractivity contribution in [1.29, 1.82) is 0 Å². The van der Waals surface area contributed by atoms with Gasteiger partial charge in [-0.1, -0.05) is 58.0 Å². The molecule has 8 heteroatoms. The average Bonchev–Trinajstić information content (AvgIpc) is 2.43. The molecule has 2 aromatic rings. The summed E-state index contributed by atoms with van der Waals surface area (Å²) in [5.41, 5.74) is 0.517. The Morgan fingerprint density at radius 3 is 1.90 bits per heavy atom. The van der Waals surface area contributed by atoms with Crippen LogP contribution >= 0.6 is 58.0 Å². The molecular weight excluding hydrogens is 367 g/mol. The predicted octanol–water partition coefficient (Wildman–Crippen LogP) is 5.53. The fourth-order valence-electron chi connectivity index (χ4n) is 1.55. The first-order chi connectivity index (χ1) is 9.38. The van der Waals surface area contributed by atoms with E-state index in [-0.39, 0.29) is 42.1 Å². The lowest BCUT2D eigenvalue weighted by molar-refractivity contribution is 0.111. The van der Waals surface area contributed by atoms with E-state index in [1.807, 2.05) is 0 Å². The van der Waals surface area contributed by atoms with Crippen LogP contribution in [0.2, 0.25) is 25.1 Å². The smallest absolute Gasteiger partial charge is 0.172 e. The molecule has 0 aliphatic rings. The van der Waals surface area contributed by atoms with Gasteiger partial charge in [0, 0.05) is 17.3 Å². The number of hydrogen-bond acceptors (Lipinski definition) is 3. The molecule has 0 radical (unpaired) electrons. The Morgan fingerprint density at radius 1 is 0.950 bits per heavy atom. The Hall–Kier alpha value is -0.710. The number of carbonyl (C=O) groups is 1. The number of carbonyl (C=O) groups excluding carboxylic acids is 1. The third kappa shape index (κ3) is 2.57. The van der Waals surface area contributed by atoms with E-state index >= 15 is 0 Å². The fraction of sp³-hybridized carbons (Fsp3) is 0. The molecule has 0 aliphatic heterocycles. The number of pyridine rings is 1. The van der Waals surface area contributed by atoms with Crippen LogP contribution in [0.1, 0.15) is 10.5 Å². The quantitative estimate of drug-likeness (QED) is 0.429. The minimum absolute atomic E-state index is 0.0359. The van der Waals surface area contributed by atoms with Crippen molar-refractivity contribution in [3.05, 3.63) is 43.1 Å². The Bertz CT molecular complexity index is 688. The van der Waals surface area contributed by atoms with Gasteiger partial charge in [0.05, 0.1) is 25.1 Å². The van der Waals surface area contributed by atoms with Crippen molar-refractivity contribution in [3.8, 4) is 16.9 Å². The number of hydrogen-bond donors (Lipinski definition) is 1. The lowest BCUT2D eigenvalue weighted by Crippen LogP contribution is -1.91. The van der Waals surface area contributed by atoms with Crippen LogP contribution in [-0.4, -0.2) is 16.4 Å². The number of aromatic hydroxyl groups is 1. The van der Waals surface area contributed by atoms with E-state index in [9.17, 15) is 9.90 Å². The Morgan fingerprint density at radius 2 is 1.45 bits per heavy atom. The van der Waals surface area contributed by atoms with Crippen molar-refractivity contribution in [3.63, 3.8) is 0 Å². The molecule has 2 rings (SSSR count). The molecule has 20 heavy (non-hydrogen) atoms. The Balaban J connectivity index is 2.76. The van der Waals surface area contributed by atoms with Gasteiger partial charge in [0.15, 0.2) is 6.29 Å². The predicted molar refractivity (Wildman–Crippen MR) is 81.8 cm³/mol. The van der Waals surface area contributed by atoms with Gasteiger partial charge in [-0.25, -0.2) is 4.98 Å². The molecule has 1 aromatic carbocycles. The summed E-state index contributed by atoms with van der Waals surface area (Å²) < 4.78 is 0. The van der Waals surface area contributed by atoms with E-state index in [0.717, 1.165) is 0 Å². The fourth-order valence-corrected chi connectivity index (χ4v) is 2.91. The first-order valence-electron chi connectivity index (χ1n) is 5.04. The molecule has 3 nitrogen and oxygen atoms in total. The second-order valence-corrected chi connectivity index (χ2v) is 5.58. The summed E-state index contributed by atoms with van der Waals surface area (Å²) in [6, 6.07) is 1.28. The molecule has 0 fully saturated rings. The summed E-state index contributed by atoms with van der Waals surface area (Å²) in [5, 5.41) is 9.92. The maximum Gasteiger partial charge on any atom is 0.172 e. The zero-order valence-corrected chi connectivity index (χ0v) is 13.2. The van der Waals surface area contributed by atoms with Crippen molar-refractivity contribution in [2.24, 2.45) is 0 Å². The third-order valence-corrected chi connectivity index (χ3v) is 4.78. The van der Waals surface area contributed by atoms with Crippen molar-refractivity contribution in [1.82, 2.24) is 4.98 Å². The van der Waals surface area contributed by atoms with Gasteiger partial charge >= 0.3 is 0 Å². The summed E-state index contributed by atoms with van der Waals surface area (Å²) in [7, 11) is 0. The van der Waals surface area contributed by atoms with Gasteiger partial charge in [0.1, 0.15) is 11.4 Å². The van der Waals surface area contributed by atoms with Crippen molar-refractivity contribution < 1.29 is 9.90 Å². The van der Waals surface area contributed by atoms with E-state index < -0.39 is 0 Å². The maximum absolute atomic E-state index is 10.6. The monoisotopic (exact) mass is 369 g/mol. The largest absolute Gasteiger partial charge is 0.506 e. The molecule has 104 valence electrons. The average molecular weight is 371 g/mol. The van der Waals surface area contributed by atoms with Crippen LogP contribution in [-0.2, 0) is 0 Å². The molecular formula is C12H4Cl5NO2. The number of rotatable bonds is 2. The number of aromatic nitrogens is 1. The van der Waals surface area contributed by atoms with Crippen LogP contribution in [0.25, 0.3) is 11.1 Å². The molecule has 1 heterocycles. The molecule has 0 amide bonds. The highest BCUT2D eigenvalue weighted by molar-refractivity contribution is 6.56. The van der Waals surface area contributed by atoms with Crippen LogP contribution in [0.3, 0.4) is 0 Å². The highest BCUT2D eigenvalue weighted by Gasteiger charge is 2.21. The van der Waals surface area contributed by atoms with Crippen LogP contribution in [0.5, 0.6) is 5.75 Å². The highest BCUT2D eigenvalue weighted by atomic mass is 35.5. The summed E-state index contributed by atoms with van der Waals surface area (Å²) in [6.45, 7) is 0. The first-order valence-corrected chi connectivity index (χ1v) is 6.93. The van der Waals surface area contributed by atoms with E-state index in [2.05, 4.69) is 4.98 Å². The van der Waals surface area contributed by atoms with Gasteiger partial charge in [-0.3, -0.25) is 4.79 Å². The molecule has 0 saturated carbocycles. The zero-order chi connectivity index (χ0) is 15.0. The Kier molecular flexibility index (Phi) is 4.67. The van der Waals surface area contributed by atoms with Crippen LogP contribution in [0.15, 0.2) is 12.3 Å². The lowest BCUT2D eigenvalue weighted by Gasteiger charge is -2.12. The van der Waals surface area contributed by atoms with Crippen LogP contribution in [0.4, 0.5) is 0 Å². The van der Waals surface area contributed by atoms with E-state index in [0.29, 0.717) is 11.8 Å². The van der Waals surface area contributed by atoms with Gasteiger partial charge in [0.2, 0.25) is 0 Å². The van der Waals surface area contributed by atoms with Crippen molar-refractivity contribution in [2.45, 2.75) is 0 Å². The lowest BCUT2D eigenvalue weighted by atomic mass is 10.1. The second kappa shape index (κ2) is 5.96. The summed E-state index contributed by atoms with van der Waals surface area (Å²) >= 11 is 30.0. The maximum atomic E-state index is 10.6. The minimum Gasteiger partial charge on any atom is -0.506 e. The van der Waals surface area contributed by atoms with Crippen molar-refractivity contribution in [2.75, 3.05) is 0 Å². The van der Waals surface area contributed by atoms with Crippen LogP contribution < -0.4 is 0 Å². The summed E-state index contributed by atoms with van der Waals surface area (Å²) in [6.07, 6.45) is 1.74. The van der Waals surface area contributed by atoms with Gasteiger partial charge in [-0.2, -0.15) is 0 Å². The van der Waals surface area contributed by atoms with Crippen molar-refractivity contribution >= 4 is 64.3 Å². The third-order valence-electron chi connectivity index (χ3n) is 2.51. The molecule has 0 aliphatic carbocycles. The normalized spacial score (nSPS) is 10.7. The summed E-state index contributed by atoms with van der Waals surface area (Å²) in [5.74, 6) is -0.313. The van der Waals surface area contributed by atoms with E-state index in [4.69, 9.17) is 58.0 Å². The molecule has 0 unspecified atom stereocenters. The SMILES string of the molecule is O=Cc1ncc(-c2c(Cl)c(Cl)c(Cl)c(Cl)c2Cl)cc1O. The Labute approximate surface area is 139 Å². The second-order valence-electron chi connectivity index (χ2n) is 3.69.